The second-order valence-electron chi connectivity index (χ2n) is 7.84. The summed E-state index contributed by atoms with van der Waals surface area (Å²) >= 11 is 6.26. The molecule has 37 heavy (non-hydrogen) atoms. The van der Waals surface area contributed by atoms with Gasteiger partial charge < -0.3 is 14.8 Å². The lowest BCUT2D eigenvalue weighted by molar-refractivity contribution is -0.126. The molecular weight excluding hydrogens is 497 g/mol. The summed E-state index contributed by atoms with van der Waals surface area (Å²) < 4.78 is 24.9. The zero-order valence-electron chi connectivity index (χ0n) is 20.3. The normalized spacial score (nSPS) is 10.7. The molecular formula is C28H27ClFN3O4. The lowest BCUT2D eigenvalue weighted by Gasteiger charge is -2.17. The molecule has 0 fully saturated rings. The van der Waals surface area contributed by atoms with Gasteiger partial charge in [0.1, 0.15) is 18.8 Å². The minimum atomic E-state index is -0.605. The molecule has 0 radical (unpaired) electrons. The topological polar surface area (TPSA) is 89.0 Å². The van der Waals surface area contributed by atoms with Gasteiger partial charge in [-0.15, -0.1) is 6.58 Å². The monoisotopic (exact) mass is 523 g/mol. The van der Waals surface area contributed by atoms with Crippen LogP contribution >= 0.6 is 11.6 Å². The SMILES string of the molecule is C=CCc1cc(C=NNC(=O)CC(=O)Nc2ccc(F)cc2)cc(OCC)c1OCc1ccccc1Cl. The number of hydrazone groups is 1. The molecule has 192 valence electrons. The Kier molecular flexibility index (Phi) is 10.2. The van der Waals surface area contributed by atoms with E-state index in [2.05, 4.69) is 22.4 Å². The summed E-state index contributed by atoms with van der Waals surface area (Å²) in [5.41, 5.74) is 5.03. The van der Waals surface area contributed by atoms with E-state index in [1.54, 1.807) is 18.2 Å². The van der Waals surface area contributed by atoms with Crippen LogP contribution in [0.3, 0.4) is 0 Å². The van der Waals surface area contributed by atoms with E-state index in [1.165, 1.54) is 30.5 Å². The highest BCUT2D eigenvalue weighted by Crippen LogP contribution is 2.34. The zero-order valence-corrected chi connectivity index (χ0v) is 21.1. The van der Waals surface area contributed by atoms with Gasteiger partial charge in [-0.05, 0) is 61.4 Å². The maximum absolute atomic E-state index is 13.0. The average molecular weight is 524 g/mol. The van der Waals surface area contributed by atoms with Gasteiger partial charge in [0.15, 0.2) is 11.5 Å². The summed E-state index contributed by atoms with van der Waals surface area (Å²) in [5.74, 6) is -0.493. The highest BCUT2D eigenvalue weighted by molar-refractivity contribution is 6.31. The number of hydrogen-bond donors (Lipinski definition) is 2. The molecule has 0 unspecified atom stereocenters. The maximum atomic E-state index is 13.0. The second kappa shape index (κ2) is 13.8. The molecule has 0 saturated heterocycles. The van der Waals surface area contributed by atoms with Crippen LogP contribution in [0.15, 0.2) is 78.4 Å². The van der Waals surface area contributed by atoms with Gasteiger partial charge >= 0.3 is 0 Å². The minimum absolute atomic E-state index is 0.257. The molecule has 0 heterocycles. The number of carbonyl (C=O) groups is 2. The van der Waals surface area contributed by atoms with Gasteiger partial charge in [-0.25, -0.2) is 9.82 Å². The van der Waals surface area contributed by atoms with Crippen molar-refractivity contribution in [2.45, 2.75) is 26.4 Å². The largest absolute Gasteiger partial charge is 0.490 e. The first-order valence-electron chi connectivity index (χ1n) is 11.5. The lowest BCUT2D eigenvalue weighted by atomic mass is 10.1. The first kappa shape index (κ1) is 27.4. The Bertz CT molecular complexity index is 1280. The summed E-state index contributed by atoms with van der Waals surface area (Å²) in [5, 5.41) is 7.08. The summed E-state index contributed by atoms with van der Waals surface area (Å²) in [7, 11) is 0. The van der Waals surface area contributed by atoms with Crippen LogP contribution < -0.4 is 20.2 Å². The third-order valence-corrected chi connectivity index (χ3v) is 5.37. The van der Waals surface area contributed by atoms with E-state index < -0.39 is 24.1 Å². The summed E-state index contributed by atoms with van der Waals surface area (Å²) in [6, 6.07) is 16.3. The Balaban J connectivity index is 1.67. The molecule has 0 atom stereocenters. The second-order valence-corrected chi connectivity index (χ2v) is 8.25. The van der Waals surface area contributed by atoms with Gasteiger partial charge in [0.25, 0.3) is 0 Å². The van der Waals surface area contributed by atoms with E-state index in [0.29, 0.717) is 40.8 Å². The van der Waals surface area contributed by atoms with Crippen molar-refractivity contribution in [2.75, 3.05) is 11.9 Å². The van der Waals surface area contributed by atoms with Crippen LogP contribution in [-0.4, -0.2) is 24.6 Å². The first-order valence-corrected chi connectivity index (χ1v) is 11.9. The fraction of sp³-hybridized carbons (Fsp3) is 0.179. The van der Waals surface area contributed by atoms with Gasteiger partial charge in [0.2, 0.25) is 11.8 Å². The average Bonchev–Trinajstić information content (AvgIpc) is 2.86. The predicted octanol–water partition coefficient (Wildman–Crippen LogP) is 5.66. The molecule has 7 nitrogen and oxygen atoms in total. The predicted molar refractivity (Wildman–Crippen MR) is 143 cm³/mol. The molecule has 0 aliphatic carbocycles. The number of anilines is 1. The Labute approximate surface area is 219 Å². The van der Waals surface area contributed by atoms with Crippen molar-refractivity contribution in [1.82, 2.24) is 5.43 Å². The van der Waals surface area contributed by atoms with E-state index in [-0.39, 0.29) is 6.61 Å². The van der Waals surface area contributed by atoms with Crippen molar-refractivity contribution in [3.8, 4) is 11.5 Å². The summed E-state index contributed by atoms with van der Waals surface area (Å²) in [4.78, 5) is 24.1. The summed E-state index contributed by atoms with van der Waals surface area (Å²) in [6.07, 6.45) is 3.25. The number of ether oxygens (including phenoxy) is 2. The van der Waals surface area contributed by atoms with Gasteiger partial charge in [-0.1, -0.05) is 35.9 Å². The van der Waals surface area contributed by atoms with Crippen molar-refractivity contribution in [3.05, 3.63) is 101 Å². The number of allylic oxidation sites excluding steroid dienone is 1. The van der Waals surface area contributed by atoms with Crippen LogP contribution in [-0.2, 0) is 22.6 Å². The quantitative estimate of drug-likeness (QED) is 0.139. The minimum Gasteiger partial charge on any atom is -0.490 e. The van der Waals surface area contributed by atoms with E-state index in [1.807, 2.05) is 31.2 Å². The van der Waals surface area contributed by atoms with Crippen molar-refractivity contribution >= 4 is 35.3 Å². The molecule has 2 N–H and O–H groups in total. The van der Waals surface area contributed by atoms with Crippen molar-refractivity contribution in [3.63, 3.8) is 0 Å². The number of rotatable bonds is 12. The van der Waals surface area contributed by atoms with Gasteiger partial charge in [0, 0.05) is 21.8 Å². The van der Waals surface area contributed by atoms with Crippen LogP contribution in [0, 0.1) is 5.82 Å². The molecule has 9 heteroatoms. The van der Waals surface area contributed by atoms with Crippen LogP contribution in [0.5, 0.6) is 11.5 Å². The molecule has 0 aliphatic heterocycles. The van der Waals surface area contributed by atoms with Crippen LogP contribution in [0.2, 0.25) is 5.02 Å². The number of carbonyl (C=O) groups excluding carboxylic acids is 2. The number of benzene rings is 3. The molecule has 0 saturated carbocycles. The number of halogens is 2. The fourth-order valence-electron chi connectivity index (χ4n) is 3.36. The molecule has 3 rings (SSSR count). The number of nitrogens with zero attached hydrogens (tertiary/aromatic N) is 1. The first-order chi connectivity index (χ1) is 17.9. The fourth-order valence-corrected chi connectivity index (χ4v) is 3.55. The standard InChI is InChI=1S/C28H27ClFN3O4/c1-3-7-20-14-19(15-25(36-4-2)28(20)37-18-21-8-5-6-9-24(21)29)17-31-33-27(35)16-26(34)32-23-12-10-22(30)11-13-23/h3,5-6,8-15,17H,1,4,7,16,18H2,2H3,(H,32,34)(H,33,35). The van der Waals surface area contributed by atoms with Crippen LogP contribution in [0.1, 0.15) is 30.0 Å². The molecule has 0 aromatic heterocycles. The maximum Gasteiger partial charge on any atom is 0.249 e. The van der Waals surface area contributed by atoms with Crippen LogP contribution in [0.4, 0.5) is 10.1 Å². The Hall–Kier alpha value is -4.17. The Morgan fingerprint density at radius 2 is 1.81 bits per heavy atom. The Morgan fingerprint density at radius 3 is 2.51 bits per heavy atom. The number of nitrogens with one attached hydrogen (secondary N) is 2. The highest BCUT2D eigenvalue weighted by Gasteiger charge is 2.14. The zero-order chi connectivity index (χ0) is 26.6. The van der Waals surface area contributed by atoms with E-state index in [0.717, 1.165) is 11.1 Å². The number of hydrogen-bond acceptors (Lipinski definition) is 5. The molecule has 3 aromatic rings. The van der Waals surface area contributed by atoms with E-state index >= 15 is 0 Å². The van der Waals surface area contributed by atoms with E-state index in [9.17, 15) is 14.0 Å². The van der Waals surface area contributed by atoms with Gasteiger partial charge in [-0.2, -0.15) is 5.10 Å². The Morgan fingerprint density at radius 1 is 1.05 bits per heavy atom. The van der Waals surface area contributed by atoms with Gasteiger partial charge in [0.05, 0.1) is 12.8 Å². The molecule has 3 aromatic carbocycles. The molecule has 0 aliphatic rings. The lowest BCUT2D eigenvalue weighted by Crippen LogP contribution is -2.24. The highest BCUT2D eigenvalue weighted by atomic mass is 35.5. The van der Waals surface area contributed by atoms with Crippen molar-refractivity contribution in [1.29, 1.82) is 0 Å². The third kappa shape index (κ3) is 8.47. The molecule has 0 bridgehead atoms. The van der Waals surface area contributed by atoms with Crippen molar-refractivity contribution < 1.29 is 23.5 Å². The molecule has 2 amide bonds. The van der Waals surface area contributed by atoms with Gasteiger partial charge in [-0.3, -0.25) is 9.59 Å². The van der Waals surface area contributed by atoms with Crippen LogP contribution in [0.25, 0.3) is 0 Å². The van der Waals surface area contributed by atoms with Crippen molar-refractivity contribution in [2.24, 2.45) is 5.10 Å². The molecule has 0 spiro atoms. The summed E-state index contributed by atoms with van der Waals surface area (Å²) in [6.45, 7) is 6.35. The van der Waals surface area contributed by atoms with E-state index in [4.69, 9.17) is 21.1 Å². The number of amides is 2. The third-order valence-electron chi connectivity index (χ3n) is 5.00. The smallest absolute Gasteiger partial charge is 0.249 e.